The van der Waals surface area contributed by atoms with Crippen LogP contribution in [-0.4, -0.2) is 0 Å². The lowest BCUT2D eigenvalue weighted by molar-refractivity contribution is 0.515. The van der Waals surface area contributed by atoms with Gasteiger partial charge < -0.3 is 0 Å². The van der Waals surface area contributed by atoms with Crippen molar-refractivity contribution in [2.24, 2.45) is 5.92 Å². The summed E-state index contributed by atoms with van der Waals surface area (Å²) >= 11 is 0. The molecule has 1 radical (unpaired) electrons. The summed E-state index contributed by atoms with van der Waals surface area (Å²) in [5, 5.41) is 0. The summed E-state index contributed by atoms with van der Waals surface area (Å²) < 4.78 is 0. The Morgan fingerprint density at radius 3 is 2.30 bits per heavy atom. The van der Waals surface area contributed by atoms with Crippen LogP contribution in [0.15, 0.2) is 0 Å². The SMILES string of the molecule is [CH2][C@@H](CC)CCCCCC. The number of hydrogen-bond acceptors (Lipinski definition) is 0. The fraction of sp³-hybridized carbons (Fsp3) is 0.900. The number of unbranched alkanes of at least 4 members (excludes halogenated alkanes) is 3. The summed E-state index contributed by atoms with van der Waals surface area (Å²) in [6.07, 6.45) is 8.10. The Hall–Kier alpha value is 0. The summed E-state index contributed by atoms with van der Waals surface area (Å²) in [6, 6.07) is 0. The lowest BCUT2D eigenvalue weighted by atomic mass is 10.0. The van der Waals surface area contributed by atoms with Crippen LogP contribution < -0.4 is 0 Å². The second-order valence-electron chi connectivity index (χ2n) is 3.12. The summed E-state index contributed by atoms with van der Waals surface area (Å²) in [7, 11) is 0. The molecule has 0 saturated carbocycles. The van der Waals surface area contributed by atoms with Gasteiger partial charge in [0.1, 0.15) is 0 Å². The van der Waals surface area contributed by atoms with E-state index in [0.29, 0.717) is 5.92 Å². The van der Waals surface area contributed by atoms with Crippen LogP contribution in [0.3, 0.4) is 0 Å². The summed E-state index contributed by atoms with van der Waals surface area (Å²) in [6.45, 7) is 8.53. The highest BCUT2D eigenvalue weighted by atomic mass is 14.0. The van der Waals surface area contributed by atoms with E-state index in [0.717, 1.165) is 0 Å². The van der Waals surface area contributed by atoms with Crippen LogP contribution in [0.4, 0.5) is 0 Å². The third-order valence-corrected chi connectivity index (χ3v) is 2.04. The van der Waals surface area contributed by atoms with Gasteiger partial charge in [-0.25, -0.2) is 0 Å². The first kappa shape index (κ1) is 10.0. The Kier molecular flexibility index (Phi) is 7.11. The molecule has 10 heavy (non-hydrogen) atoms. The average Bonchev–Trinajstić information content (AvgIpc) is 1.98. The molecule has 0 rings (SSSR count). The number of rotatable bonds is 6. The standard InChI is InChI=1S/C10H21/c1-4-6-7-8-9-10(3)5-2/h10H,3-9H2,1-2H3/t10-/m0/s1. The third-order valence-electron chi connectivity index (χ3n) is 2.04. The largest absolute Gasteiger partial charge is 0.0654 e. The van der Waals surface area contributed by atoms with Gasteiger partial charge in [0.2, 0.25) is 0 Å². The predicted molar refractivity (Wildman–Crippen MR) is 47.9 cm³/mol. The molecule has 0 fully saturated rings. The maximum atomic E-state index is 4.05. The zero-order valence-electron chi connectivity index (χ0n) is 7.53. The van der Waals surface area contributed by atoms with Gasteiger partial charge in [-0.15, -0.1) is 0 Å². The molecule has 61 valence electrons. The van der Waals surface area contributed by atoms with Crippen LogP contribution >= 0.6 is 0 Å². The van der Waals surface area contributed by atoms with Gasteiger partial charge >= 0.3 is 0 Å². The van der Waals surface area contributed by atoms with Crippen LogP contribution in [0.2, 0.25) is 0 Å². The molecule has 0 bridgehead atoms. The average molecular weight is 141 g/mol. The molecule has 0 heteroatoms. The molecule has 0 aromatic heterocycles. The summed E-state index contributed by atoms with van der Waals surface area (Å²) in [4.78, 5) is 0. The highest BCUT2D eigenvalue weighted by Gasteiger charge is 1.96. The lowest BCUT2D eigenvalue weighted by Gasteiger charge is -2.06. The molecule has 0 spiro atoms. The maximum absolute atomic E-state index is 4.05. The zero-order valence-corrected chi connectivity index (χ0v) is 7.53. The van der Waals surface area contributed by atoms with Gasteiger partial charge in [-0.2, -0.15) is 0 Å². The summed E-state index contributed by atoms with van der Waals surface area (Å²) in [5.74, 6) is 0.705. The molecule has 0 heterocycles. The van der Waals surface area contributed by atoms with Crippen molar-refractivity contribution >= 4 is 0 Å². The molecular formula is C10H21. The summed E-state index contributed by atoms with van der Waals surface area (Å²) in [5.41, 5.74) is 0. The van der Waals surface area contributed by atoms with Crippen molar-refractivity contribution in [2.75, 3.05) is 0 Å². The van der Waals surface area contributed by atoms with Crippen LogP contribution in [-0.2, 0) is 0 Å². The first-order chi connectivity index (χ1) is 4.81. The molecular weight excluding hydrogens is 120 g/mol. The van der Waals surface area contributed by atoms with E-state index in [1.54, 1.807) is 0 Å². The quantitative estimate of drug-likeness (QED) is 0.493. The van der Waals surface area contributed by atoms with Crippen LogP contribution in [0.5, 0.6) is 0 Å². The fourth-order valence-electron chi connectivity index (χ4n) is 1.06. The van der Waals surface area contributed by atoms with Gasteiger partial charge in [-0.3, -0.25) is 0 Å². The van der Waals surface area contributed by atoms with Crippen molar-refractivity contribution in [3.05, 3.63) is 6.92 Å². The van der Waals surface area contributed by atoms with E-state index < -0.39 is 0 Å². The van der Waals surface area contributed by atoms with E-state index >= 15 is 0 Å². The van der Waals surface area contributed by atoms with E-state index in [4.69, 9.17) is 0 Å². The van der Waals surface area contributed by atoms with Crippen molar-refractivity contribution in [3.8, 4) is 0 Å². The van der Waals surface area contributed by atoms with Crippen molar-refractivity contribution in [1.82, 2.24) is 0 Å². The van der Waals surface area contributed by atoms with Crippen molar-refractivity contribution in [2.45, 2.75) is 52.4 Å². The van der Waals surface area contributed by atoms with E-state index in [2.05, 4.69) is 20.8 Å². The Bertz CT molecular complexity index is 57.1. The fourth-order valence-corrected chi connectivity index (χ4v) is 1.06. The highest BCUT2D eigenvalue weighted by molar-refractivity contribution is 4.58. The van der Waals surface area contributed by atoms with Crippen molar-refractivity contribution < 1.29 is 0 Å². The van der Waals surface area contributed by atoms with Gasteiger partial charge in [0, 0.05) is 0 Å². The van der Waals surface area contributed by atoms with Gasteiger partial charge in [0.15, 0.2) is 0 Å². The minimum atomic E-state index is 0.705. The molecule has 0 saturated heterocycles. The van der Waals surface area contributed by atoms with E-state index in [-0.39, 0.29) is 0 Å². The van der Waals surface area contributed by atoms with Crippen LogP contribution in [0.25, 0.3) is 0 Å². The van der Waals surface area contributed by atoms with E-state index in [9.17, 15) is 0 Å². The molecule has 0 amide bonds. The Labute approximate surface area is 66.0 Å². The van der Waals surface area contributed by atoms with Gasteiger partial charge in [0.05, 0.1) is 0 Å². The second-order valence-corrected chi connectivity index (χ2v) is 3.12. The van der Waals surface area contributed by atoms with Crippen molar-refractivity contribution in [1.29, 1.82) is 0 Å². The predicted octanol–water partition coefficient (Wildman–Crippen LogP) is 3.82. The highest BCUT2D eigenvalue weighted by Crippen LogP contribution is 2.12. The molecule has 0 aliphatic carbocycles. The molecule has 0 N–H and O–H groups in total. The maximum Gasteiger partial charge on any atom is -0.0417 e. The molecule has 0 nitrogen and oxygen atoms in total. The third kappa shape index (κ3) is 6.12. The molecule has 0 aromatic rings. The molecule has 0 aliphatic rings. The van der Waals surface area contributed by atoms with Gasteiger partial charge in [-0.05, 0) is 5.92 Å². The normalized spacial score (nSPS) is 13.5. The van der Waals surface area contributed by atoms with Gasteiger partial charge in [-0.1, -0.05) is 59.3 Å². The first-order valence-corrected chi connectivity index (χ1v) is 4.64. The second kappa shape index (κ2) is 7.11. The smallest absolute Gasteiger partial charge is 0.0417 e. The molecule has 0 aliphatic heterocycles. The van der Waals surface area contributed by atoms with Crippen LogP contribution in [0, 0.1) is 12.8 Å². The topological polar surface area (TPSA) is 0 Å². The minimum absolute atomic E-state index is 0.705. The monoisotopic (exact) mass is 141 g/mol. The minimum Gasteiger partial charge on any atom is -0.0654 e. The lowest BCUT2D eigenvalue weighted by Crippen LogP contribution is -1.91. The Morgan fingerprint density at radius 2 is 1.80 bits per heavy atom. The molecule has 0 aromatic carbocycles. The Balaban J connectivity index is 2.89. The van der Waals surface area contributed by atoms with Crippen LogP contribution in [0.1, 0.15) is 52.4 Å². The number of hydrogen-bond donors (Lipinski definition) is 0. The van der Waals surface area contributed by atoms with E-state index in [1.807, 2.05) is 0 Å². The van der Waals surface area contributed by atoms with Gasteiger partial charge in [0.25, 0.3) is 0 Å². The molecule has 0 unspecified atom stereocenters. The Morgan fingerprint density at radius 1 is 1.10 bits per heavy atom. The molecule has 1 atom stereocenters. The zero-order chi connectivity index (χ0) is 7.82. The van der Waals surface area contributed by atoms with E-state index in [1.165, 1.54) is 38.5 Å². The first-order valence-electron chi connectivity index (χ1n) is 4.64. The van der Waals surface area contributed by atoms with Crippen molar-refractivity contribution in [3.63, 3.8) is 0 Å².